The maximum absolute atomic E-state index is 3.52. The quantitative estimate of drug-likeness (QED) is 0.632. The Labute approximate surface area is 109 Å². The van der Waals surface area contributed by atoms with Gasteiger partial charge in [0.2, 0.25) is 0 Å². The molecule has 0 saturated carbocycles. The molecule has 0 aliphatic carbocycles. The smallest absolute Gasteiger partial charge is 0.00444 e. The van der Waals surface area contributed by atoms with Crippen LogP contribution in [0.2, 0.25) is 0 Å². The summed E-state index contributed by atoms with van der Waals surface area (Å²) in [7, 11) is 2.27. The molecule has 1 atom stereocenters. The molecular formula is C15H34N2. The lowest BCUT2D eigenvalue weighted by Crippen LogP contribution is -2.41. The third kappa shape index (κ3) is 8.62. The van der Waals surface area contributed by atoms with Crippen molar-refractivity contribution in [1.82, 2.24) is 10.2 Å². The summed E-state index contributed by atoms with van der Waals surface area (Å²) in [6.45, 7) is 16.2. The average molecular weight is 242 g/mol. The summed E-state index contributed by atoms with van der Waals surface area (Å²) in [6.07, 6.45) is 3.89. The molecule has 0 heterocycles. The molecule has 0 aromatic carbocycles. The Kier molecular flexibility index (Phi) is 8.89. The van der Waals surface area contributed by atoms with Crippen LogP contribution in [0.15, 0.2) is 0 Å². The van der Waals surface area contributed by atoms with Crippen molar-refractivity contribution in [3.05, 3.63) is 0 Å². The van der Waals surface area contributed by atoms with Crippen LogP contribution in [0.1, 0.15) is 53.9 Å². The molecule has 0 amide bonds. The van der Waals surface area contributed by atoms with E-state index in [0.29, 0.717) is 5.41 Å². The Morgan fingerprint density at radius 2 is 1.88 bits per heavy atom. The van der Waals surface area contributed by atoms with E-state index in [9.17, 15) is 0 Å². The van der Waals surface area contributed by atoms with Crippen LogP contribution in [-0.4, -0.2) is 38.1 Å². The molecular weight excluding hydrogens is 208 g/mol. The molecule has 0 aromatic heterocycles. The van der Waals surface area contributed by atoms with E-state index >= 15 is 0 Å². The molecule has 104 valence electrons. The van der Waals surface area contributed by atoms with Crippen molar-refractivity contribution in [2.45, 2.75) is 53.9 Å². The highest BCUT2D eigenvalue weighted by molar-refractivity contribution is 4.79. The Balaban J connectivity index is 4.12. The molecule has 0 aliphatic heterocycles. The number of nitrogens with one attached hydrogen (secondary N) is 1. The molecule has 1 unspecified atom stereocenters. The molecule has 0 radical (unpaired) electrons. The van der Waals surface area contributed by atoms with Gasteiger partial charge in [0.05, 0.1) is 0 Å². The van der Waals surface area contributed by atoms with Crippen molar-refractivity contribution in [1.29, 1.82) is 0 Å². The molecule has 0 saturated heterocycles. The lowest BCUT2D eigenvalue weighted by atomic mass is 9.84. The molecule has 0 aromatic rings. The van der Waals surface area contributed by atoms with Crippen molar-refractivity contribution in [3.63, 3.8) is 0 Å². The monoisotopic (exact) mass is 242 g/mol. The minimum absolute atomic E-state index is 0.427. The largest absolute Gasteiger partial charge is 0.316 e. The second-order valence-corrected chi connectivity index (χ2v) is 6.26. The summed E-state index contributed by atoms with van der Waals surface area (Å²) in [5, 5.41) is 3.52. The zero-order valence-electron chi connectivity index (χ0n) is 13.0. The number of nitrogens with zero attached hydrogens (tertiary/aromatic N) is 1. The van der Waals surface area contributed by atoms with Crippen LogP contribution in [0.3, 0.4) is 0 Å². The van der Waals surface area contributed by atoms with E-state index in [2.05, 4.69) is 51.9 Å². The van der Waals surface area contributed by atoms with Gasteiger partial charge in [-0.05, 0) is 44.3 Å². The van der Waals surface area contributed by atoms with Crippen molar-refractivity contribution in [2.24, 2.45) is 11.3 Å². The first kappa shape index (κ1) is 16.9. The van der Waals surface area contributed by atoms with Gasteiger partial charge in [0, 0.05) is 13.1 Å². The van der Waals surface area contributed by atoms with E-state index in [-0.39, 0.29) is 0 Å². The van der Waals surface area contributed by atoms with Crippen LogP contribution in [-0.2, 0) is 0 Å². The predicted octanol–water partition coefficient (Wildman–Crippen LogP) is 3.38. The molecule has 0 aliphatic rings. The fourth-order valence-corrected chi connectivity index (χ4v) is 2.46. The highest BCUT2D eigenvalue weighted by Gasteiger charge is 2.24. The van der Waals surface area contributed by atoms with Gasteiger partial charge in [-0.3, -0.25) is 0 Å². The minimum atomic E-state index is 0.427. The van der Waals surface area contributed by atoms with E-state index in [0.717, 1.165) is 19.0 Å². The Hall–Kier alpha value is -0.0800. The summed E-state index contributed by atoms with van der Waals surface area (Å²) in [5.41, 5.74) is 0.427. The summed E-state index contributed by atoms with van der Waals surface area (Å²) in [4.78, 5) is 2.51. The number of hydrogen-bond donors (Lipinski definition) is 1. The van der Waals surface area contributed by atoms with Gasteiger partial charge < -0.3 is 10.2 Å². The van der Waals surface area contributed by atoms with Gasteiger partial charge in [0.25, 0.3) is 0 Å². The Morgan fingerprint density at radius 3 is 2.35 bits per heavy atom. The molecule has 2 heteroatoms. The second-order valence-electron chi connectivity index (χ2n) is 6.26. The van der Waals surface area contributed by atoms with E-state index in [4.69, 9.17) is 0 Å². The third-order valence-electron chi connectivity index (χ3n) is 3.40. The van der Waals surface area contributed by atoms with Gasteiger partial charge in [-0.15, -0.1) is 0 Å². The second kappa shape index (κ2) is 8.93. The van der Waals surface area contributed by atoms with Gasteiger partial charge >= 0.3 is 0 Å². The molecule has 2 nitrogen and oxygen atoms in total. The van der Waals surface area contributed by atoms with Crippen LogP contribution >= 0.6 is 0 Å². The van der Waals surface area contributed by atoms with E-state index < -0.39 is 0 Å². The maximum Gasteiger partial charge on any atom is 0.00444 e. The van der Waals surface area contributed by atoms with Crippen molar-refractivity contribution < 1.29 is 0 Å². The highest BCUT2D eigenvalue weighted by Crippen LogP contribution is 2.23. The van der Waals surface area contributed by atoms with Gasteiger partial charge in [0.15, 0.2) is 0 Å². The van der Waals surface area contributed by atoms with Crippen LogP contribution in [0.5, 0.6) is 0 Å². The van der Waals surface area contributed by atoms with E-state index in [1.807, 2.05) is 0 Å². The lowest BCUT2D eigenvalue weighted by molar-refractivity contribution is 0.169. The van der Waals surface area contributed by atoms with E-state index in [1.165, 1.54) is 32.4 Å². The van der Waals surface area contributed by atoms with Gasteiger partial charge in [-0.2, -0.15) is 0 Å². The zero-order valence-corrected chi connectivity index (χ0v) is 13.0. The Bertz CT molecular complexity index is 180. The zero-order chi connectivity index (χ0) is 13.3. The molecule has 17 heavy (non-hydrogen) atoms. The first-order valence-corrected chi connectivity index (χ1v) is 7.32. The number of rotatable bonds is 10. The van der Waals surface area contributed by atoms with E-state index in [1.54, 1.807) is 0 Å². The topological polar surface area (TPSA) is 15.3 Å². The predicted molar refractivity (Wildman–Crippen MR) is 78.5 cm³/mol. The molecule has 1 N–H and O–H groups in total. The molecule has 0 spiro atoms. The van der Waals surface area contributed by atoms with Crippen molar-refractivity contribution in [3.8, 4) is 0 Å². The van der Waals surface area contributed by atoms with Crippen LogP contribution < -0.4 is 5.32 Å². The maximum atomic E-state index is 3.52. The van der Waals surface area contributed by atoms with Gasteiger partial charge in [-0.1, -0.05) is 41.0 Å². The molecule has 0 fully saturated rings. The summed E-state index contributed by atoms with van der Waals surface area (Å²) >= 11 is 0. The van der Waals surface area contributed by atoms with Crippen molar-refractivity contribution in [2.75, 3.05) is 33.2 Å². The molecule has 0 rings (SSSR count). The SMILES string of the molecule is CCCC(C)(CNCC)CN(C)CCC(C)C. The van der Waals surface area contributed by atoms with Gasteiger partial charge in [-0.25, -0.2) is 0 Å². The first-order chi connectivity index (χ1) is 7.93. The van der Waals surface area contributed by atoms with Gasteiger partial charge in [0.1, 0.15) is 0 Å². The first-order valence-electron chi connectivity index (χ1n) is 7.32. The molecule has 0 bridgehead atoms. The Morgan fingerprint density at radius 1 is 1.24 bits per heavy atom. The standard InChI is InChI=1S/C15H34N2/c1-7-10-15(5,12-16-8-2)13-17(6)11-9-14(3)4/h14,16H,7-13H2,1-6H3. The minimum Gasteiger partial charge on any atom is -0.316 e. The third-order valence-corrected chi connectivity index (χ3v) is 3.40. The fraction of sp³-hybridized carbons (Fsp3) is 1.00. The number of hydrogen-bond acceptors (Lipinski definition) is 2. The summed E-state index contributed by atoms with van der Waals surface area (Å²) in [5.74, 6) is 0.809. The fourth-order valence-electron chi connectivity index (χ4n) is 2.46. The normalized spacial score (nSPS) is 15.5. The highest BCUT2D eigenvalue weighted by atomic mass is 15.1. The van der Waals surface area contributed by atoms with Crippen molar-refractivity contribution >= 4 is 0 Å². The average Bonchev–Trinajstić information content (AvgIpc) is 2.24. The van der Waals surface area contributed by atoms with Crippen LogP contribution in [0.4, 0.5) is 0 Å². The van der Waals surface area contributed by atoms with Crippen LogP contribution in [0, 0.1) is 11.3 Å². The lowest BCUT2D eigenvalue weighted by Gasteiger charge is -2.34. The summed E-state index contributed by atoms with van der Waals surface area (Å²) in [6, 6.07) is 0. The van der Waals surface area contributed by atoms with Crippen LogP contribution in [0.25, 0.3) is 0 Å². The summed E-state index contributed by atoms with van der Waals surface area (Å²) < 4.78 is 0.